The van der Waals surface area contributed by atoms with Crippen molar-refractivity contribution < 1.29 is 13.6 Å². The minimum Gasteiger partial charge on any atom is -0.348 e. The molecule has 4 aromatic rings. The topological polar surface area (TPSA) is 42.0 Å². The number of hydrogen-bond donors (Lipinski definition) is 1. The molecule has 0 saturated carbocycles. The number of carbonyl (C=O) groups is 1. The summed E-state index contributed by atoms with van der Waals surface area (Å²) in [6.45, 7) is 0.293. The molecule has 0 spiro atoms. The quantitative estimate of drug-likeness (QED) is 0.539. The van der Waals surface area contributed by atoms with Crippen LogP contribution in [0.4, 0.5) is 8.78 Å². The van der Waals surface area contributed by atoms with Crippen LogP contribution < -0.4 is 5.32 Å². The van der Waals surface area contributed by atoms with Crippen molar-refractivity contribution in [3.05, 3.63) is 102 Å². The first-order chi connectivity index (χ1) is 13.6. The average Bonchev–Trinajstić information content (AvgIpc) is 2.72. The van der Waals surface area contributed by atoms with Crippen molar-refractivity contribution >= 4 is 16.7 Å². The number of carbonyl (C=O) groups excluding carboxylic acids is 1. The molecular weight excluding hydrogens is 358 g/mol. The molecule has 0 bridgehead atoms. The Hall–Kier alpha value is -3.60. The Balaban J connectivity index is 1.64. The lowest BCUT2D eigenvalue weighted by molar-refractivity contribution is 0.0951. The van der Waals surface area contributed by atoms with Crippen molar-refractivity contribution in [1.82, 2.24) is 10.3 Å². The number of benzene rings is 3. The zero-order valence-corrected chi connectivity index (χ0v) is 14.8. The number of aromatic nitrogens is 1. The second-order valence-electron chi connectivity index (χ2n) is 6.39. The highest BCUT2D eigenvalue weighted by atomic mass is 19.1. The maximum Gasteiger partial charge on any atom is 0.251 e. The predicted octanol–water partition coefficient (Wildman–Crippen LogP) is 5.11. The number of fused-ring (bicyclic) bond motifs is 1. The highest BCUT2D eigenvalue weighted by molar-refractivity contribution is 5.98. The third-order valence-corrected chi connectivity index (χ3v) is 4.59. The standard InChI is InChI=1S/C23H16F2N2O/c24-18-7-4-15(5-8-18)23(28)27-13-17-6-9-20(16-2-1-3-19(25)12-16)21-10-11-26-14-22(17)21/h1-12,14H,13H2,(H,27,28). The van der Waals surface area contributed by atoms with E-state index >= 15 is 0 Å². The van der Waals surface area contributed by atoms with Crippen LogP contribution in [0.1, 0.15) is 15.9 Å². The van der Waals surface area contributed by atoms with Crippen LogP contribution in [0.5, 0.6) is 0 Å². The van der Waals surface area contributed by atoms with Crippen LogP contribution in [0.25, 0.3) is 21.9 Å². The molecule has 5 heteroatoms. The molecule has 0 aliphatic rings. The lowest BCUT2D eigenvalue weighted by Crippen LogP contribution is -2.22. The maximum absolute atomic E-state index is 13.6. The van der Waals surface area contributed by atoms with Crippen molar-refractivity contribution in [3.8, 4) is 11.1 Å². The molecule has 0 aliphatic carbocycles. The fourth-order valence-corrected chi connectivity index (χ4v) is 3.19. The Morgan fingerprint density at radius 2 is 1.71 bits per heavy atom. The normalized spacial score (nSPS) is 10.8. The fourth-order valence-electron chi connectivity index (χ4n) is 3.19. The fraction of sp³-hybridized carbons (Fsp3) is 0.0435. The second-order valence-corrected chi connectivity index (χ2v) is 6.39. The zero-order valence-electron chi connectivity index (χ0n) is 14.8. The molecule has 0 atom stereocenters. The lowest BCUT2D eigenvalue weighted by atomic mass is 9.96. The van der Waals surface area contributed by atoms with Crippen molar-refractivity contribution in [2.45, 2.75) is 6.54 Å². The van der Waals surface area contributed by atoms with Gasteiger partial charge in [-0.05, 0) is 64.5 Å². The Morgan fingerprint density at radius 3 is 2.50 bits per heavy atom. The van der Waals surface area contributed by atoms with Gasteiger partial charge in [0.1, 0.15) is 11.6 Å². The van der Waals surface area contributed by atoms with E-state index in [2.05, 4.69) is 10.3 Å². The third-order valence-electron chi connectivity index (χ3n) is 4.59. The first-order valence-electron chi connectivity index (χ1n) is 8.77. The number of halogens is 2. The van der Waals surface area contributed by atoms with E-state index in [1.54, 1.807) is 18.5 Å². The molecule has 1 heterocycles. The van der Waals surface area contributed by atoms with Gasteiger partial charge in [0.15, 0.2) is 0 Å². The van der Waals surface area contributed by atoms with Crippen LogP contribution in [0.15, 0.2) is 79.1 Å². The molecule has 0 aliphatic heterocycles. The van der Waals surface area contributed by atoms with Gasteiger partial charge in [0.2, 0.25) is 0 Å². The summed E-state index contributed by atoms with van der Waals surface area (Å²) in [5, 5.41) is 4.65. The van der Waals surface area contributed by atoms with Crippen LogP contribution in [-0.2, 0) is 6.54 Å². The summed E-state index contributed by atoms with van der Waals surface area (Å²) in [4.78, 5) is 16.5. The van der Waals surface area contributed by atoms with Gasteiger partial charge in [-0.3, -0.25) is 9.78 Å². The molecule has 1 aromatic heterocycles. The van der Waals surface area contributed by atoms with Gasteiger partial charge in [-0.25, -0.2) is 8.78 Å². The Bertz CT molecular complexity index is 1160. The average molecular weight is 374 g/mol. The first kappa shape index (κ1) is 17.8. The second kappa shape index (κ2) is 7.56. The molecule has 138 valence electrons. The molecule has 0 radical (unpaired) electrons. The molecule has 3 aromatic carbocycles. The summed E-state index contributed by atoms with van der Waals surface area (Å²) < 4.78 is 26.7. The summed E-state index contributed by atoms with van der Waals surface area (Å²) >= 11 is 0. The van der Waals surface area contributed by atoms with Gasteiger partial charge in [0, 0.05) is 29.9 Å². The van der Waals surface area contributed by atoms with Gasteiger partial charge >= 0.3 is 0 Å². The molecule has 1 N–H and O–H groups in total. The SMILES string of the molecule is O=C(NCc1ccc(-c2cccc(F)c2)c2ccncc12)c1ccc(F)cc1. The molecular formula is C23H16F2N2O. The summed E-state index contributed by atoms with van der Waals surface area (Å²) in [5.74, 6) is -0.969. The molecule has 0 saturated heterocycles. The minimum absolute atomic E-state index is 0.286. The monoisotopic (exact) mass is 374 g/mol. The van der Waals surface area contributed by atoms with E-state index in [4.69, 9.17) is 0 Å². The van der Waals surface area contributed by atoms with E-state index in [1.807, 2.05) is 24.3 Å². The Labute approximate surface area is 160 Å². The van der Waals surface area contributed by atoms with Gasteiger partial charge in [0.25, 0.3) is 5.91 Å². The van der Waals surface area contributed by atoms with E-state index in [9.17, 15) is 13.6 Å². The van der Waals surface area contributed by atoms with Gasteiger partial charge in [-0.2, -0.15) is 0 Å². The van der Waals surface area contributed by atoms with Gasteiger partial charge < -0.3 is 5.32 Å². The first-order valence-corrected chi connectivity index (χ1v) is 8.77. The Morgan fingerprint density at radius 1 is 0.893 bits per heavy atom. The third kappa shape index (κ3) is 3.60. The highest BCUT2D eigenvalue weighted by Crippen LogP contribution is 2.30. The largest absolute Gasteiger partial charge is 0.348 e. The van der Waals surface area contributed by atoms with Crippen LogP contribution in [0.2, 0.25) is 0 Å². The van der Waals surface area contributed by atoms with E-state index < -0.39 is 0 Å². The summed E-state index contributed by atoms with van der Waals surface area (Å²) in [6, 6.07) is 17.5. The highest BCUT2D eigenvalue weighted by Gasteiger charge is 2.11. The smallest absolute Gasteiger partial charge is 0.251 e. The van der Waals surface area contributed by atoms with Gasteiger partial charge in [-0.15, -0.1) is 0 Å². The predicted molar refractivity (Wildman–Crippen MR) is 105 cm³/mol. The molecule has 0 unspecified atom stereocenters. The van der Waals surface area contributed by atoms with Crippen LogP contribution in [0, 0.1) is 11.6 Å². The van der Waals surface area contributed by atoms with Crippen LogP contribution >= 0.6 is 0 Å². The van der Waals surface area contributed by atoms with E-state index in [1.165, 1.54) is 36.4 Å². The minimum atomic E-state index is -0.387. The van der Waals surface area contributed by atoms with Crippen LogP contribution in [-0.4, -0.2) is 10.9 Å². The van der Waals surface area contributed by atoms with Gasteiger partial charge in [-0.1, -0.05) is 24.3 Å². The number of nitrogens with zero attached hydrogens (tertiary/aromatic N) is 1. The molecule has 1 amide bonds. The van der Waals surface area contributed by atoms with Crippen molar-refractivity contribution in [3.63, 3.8) is 0 Å². The van der Waals surface area contributed by atoms with Crippen LogP contribution in [0.3, 0.4) is 0 Å². The molecule has 28 heavy (non-hydrogen) atoms. The van der Waals surface area contributed by atoms with Crippen molar-refractivity contribution in [2.24, 2.45) is 0 Å². The van der Waals surface area contributed by atoms with E-state index in [0.717, 1.165) is 27.5 Å². The number of rotatable bonds is 4. The number of amides is 1. The van der Waals surface area contributed by atoms with Crippen molar-refractivity contribution in [2.75, 3.05) is 0 Å². The number of hydrogen-bond acceptors (Lipinski definition) is 2. The maximum atomic E-state index is 13.6. The summed E-state index contributed by atoms with van der Waals surface area (Å²) in [6.07, 6.45) is 3.42. The number of pyridine rings is 1. The van der Waals surface area contributed by atoms with E-state index in [0.29, 0.717) is 12.1 Å². The van der Waals surface area contributed by atoms with E-state index in [-0.39, 0.29) is 17.5 Å². The lowest BCUT2D eigenvalue weighted by Gasteiger charge is -2.12. The van der Waals surface area contributed by atoms with Gasteiger partial charge in [0.05, 0.1) is 0 Å². The van der Waals surface area contributed by atoms with Crippen molar-refractivity contribution in [1.29, 1.82) is 0 Å². The summed E-state index contributed by atoms with van der Waals surface area (Å²) in [5.41, 5.74) is 2.95. The summed E-state index contributed by atoms with van der Waals surface area (Å²) in [7, 11) is 0. The Kier molecular flexibility index (Phi) is 4.81. The number of nitrogens with one attached hydrogen (secondary N) is 1. The zero-order chi connectivity index (χ0) is 19.5. The molecule has 0 fully saturated rings. The molecule has 4 rings (SSSR count). The molecule has 3 nitrogen and oxygen atoms in total.